The van der Waals surface area contributed by atoms with Crippen molar-refractivity contribution in [2.45, 2.75) is 61.5 Å². The Balaban J connectivity index is 2.30. The maximum atomic E-state index is 13.0. The predicted molar refractivity (Wildman–Crippen MR) is 99.0 cm³/mol. The van der Waals surface area contributed by atoms with E-state index in [1.165, 1.54) is 11.8 Å². The third-order valence-corrected chi connectivity index (χ3v) is 7.11. The van der Waals surface area contributed by atoms with Gasteiger partial charge in [-0.3, -0.25) is 4.79 Å². The van der Waals surface area contributed by atoms with Crippen LogP contribution in [0.2, 0.25) is 0 Å². The molecule has 1 aliphatic heterocycles. The zero-order chi connectivity index (χ0) is 17.7. The van der Waals surface area contributed by atoms with Crippen molar-refractivity contribution in [1.82, 2.24) is 4.31 Å². The van der Waals surface area contributed by atoms with Gasteiger partial charge in [0.2, 0.25) is 15.9 Å². The molecule has 5 nitrogen and oxygen atoms in total. The lowest BCUT2D eigenvalue weighted by molar-refractivity contribution is -0.115. The normalized spacial score (nSPS) is 17.7. The summed E-state index contributed by atoms with van der Waals surface area (Å²) in [7, 11) is -3.54. The summed E-state index contributed by atoms with van der Waals surface area (Å²) in [5.74, 6) is -0.0872. The molecule has 0 unspecified atom stereocenters. The van der Waals surface area contributed by atoms with Crippen LogP contribution in [0.4, 0.5) is 5.69 Å². The van der Waals surface area contributed by atoms with E-state index < -0.39 is 10.0 Å². The highest BCUT2D eigenvalue weighted by Gasteiger charge is 2.28. The first-order valence-corrected chi connectivity index (χ1v) is 10.8. The number of nitrogens with one attached hydrogen (secondary N) is 1. The molecule has 0 radical (unpaired) electrons. The van der Waals surface area contributed by atoms with Gasteiger partial charge in [0, 0.05) is 18.0 Å². The summed E-state index contributed by atoms with van der Waals surface area (Å²) in [4.78, 5) is 13.0. The lowest BCUT2D eigenvalue weighted by Gasteiger charge is -2.25. The monoisotopic (exact) mass is 370 g/mol. The lowest BCUT2D eigenvalue weighted by atomic mass is 10.3. The third-order valence-electron chi connectivity index (χ3n) is 4.04. The van der Waals surface area contributed by atoms with Gasteiger partial charge in [-0.15, -0.1) is 11.8 Å². The van der Waals surface area contributed by atoms with Gasteiger partial charge in [-0.25, -0.2) is 8.42 Å². The van der Waals surface area contributed by atoms with Gasteiger partial charge in [0.05, 0.1) is 15.8 Å². The third kappa shape index (κ3) is 4.32. The Bertz CT molecular complexity index is 681. The van der Waals surface area contributed by atoms with Crippen LogP contribution in [0.5, 0.6) is 0 Å². The molecule has 1 atom stereocenters. The molecule has 0 aromatic heterocycles. The minimum absolute atomic E-state index is 0.0872. The van der Waals surface area contributed by atoms with Crippen LogP contribution >= 0.6 is 11.8 Å². The van der Waals surface area contributed by atoms with Crippen molar-refractivity contribution in [1.29, 1.82) is 0 Å². The number of thioether (sulfide) groups is 1. The molecule has 0 aliphatic carbocycles. The average Bonchev–Trinajstić information content (AvgIpc) is 2.55. The second-order valence-electron chi connectivity index (χ2n) is 6.02. The first-order chi connectivity index (χ1) is 11.4. The summed E-state index contributed by atoms with van der Waals surface area (Å²) in [6.45, 7) is 7.02. The molecule has 1 aromatic carbocycles. The Kier molecular flexibility index (Phi) is 6.71. The largest absolute Gasteiger partial charge is 0.324 e. The number of rotatable bonds is 8. The van der Waals surface area contributed by atoms with Gasteiger partial charge in [0.25, 0.3) is 0 Å². The highest BCUT2D eigenvalue weighted by molar-refractivity contribution is 8.01. The summed E-state index contributed by atoms with van der Waals surface area (Å²) in [5, 5.41) is 2.64. The highest BCUT2D eigenvalue weighted by Crippen LogP contribution is 2.37. The summed E-state index contributed by atoms with van der Waals surface area (Å²) in [6.07, 6.45) is 3.59. The van der Waals surface area contributed by atoms with E-state index in [9.17, 15) is 13.2 Å². The number of hydrogen-bond acceptors (Lipinski definition) is 4. The zero-order valence-corrected chi connectivity index (χ0v) is 16.2. The number of anilines is 1. The number of fused-ring (bicyclic) bond motifs is 1. The Hall–Kier alpha value is -1.05. The van der Waals surface area contributed by atoms with Crippen LogP contribution in [-0.4, -0.2) is 37.0 Å². The molecule has 24 heavy (non-hydrogen) atoms. The Morgan fingerprint density at radius 2 is 1.79 bits per heavy atom. The van der Waals surface area contributed by atoms with Crippen molar-refractivity contribution in [3.8, 4) is 0 Å². The van der Waals surface area contributed by atoms with E-state index in [2.05, 4.69) is 19.2 Å². The Labute approximate surface area is 149 Å². The second-order valence-corrected chi connectivity index (χ2v) is 9.34. The topological polar surface area (TPSA) is 66.5 Å². The van der Waals surface area contributed by atoms with E-state index in [0.717, 1.165) is 30.6 Å². The van der Waals surface area contributed by atoms with Gasteiger partial charge >= 0.3 is 0 Å². The van der Waals surface area contributed by atoms with Gasteiger partial charge in [-0.05, 0) is 38.0 Å². The van der Waals surface area contributed by atoms with Crippen molar-refractivity contribution in [3.05, 3.63) is 18.2 Å². The molecule has 1 aliphatic rings. The molecule has 1 amide bonds. The SMILES string of the molecule is CCCCN(CCCC)S(=O)(=O)c1ccc2c(c1)NC(=O)[C@@H](C)S2. The molecule has 134 valence electrons. The van der Waals surface area contributed by atoms with Crippen LogP contribution in [0, 0.1) is 0 Å². The molecule has 7 heteroatoms. The molecule has 1 aromatic rings. The molecular weight excluding hydrogens is 344 g/mol. The van der Waals surface area contributed by atoms with E-state index in [4.69, 9.17) is 0 Å². The number of carbonyl (C=O) groups excluding carboxylic acids is 1. The molecule has 1 N–H and O–H groups in total. The Morgan fingerprint density at radius 1 is 1.17 bits per heavy atom. The minimum Gasteiger partial charge on any atom is -0.324 e. The standard InChI is InChI=1S/C17H26N2O3S2/c1-4-6-10-19(11-7-5-2)24(21,22)14-8-9-16-15(12-14)18-17(20)13(3)23-16/h8-9,12-13H,4-7,10-11H2,1-3H3,(H,18,20)/t13-/m1/s1. The number of sulfonamides is 1. The van der Waals surface area contributed by atoms with Crippen LogP contribution in [0.1, 0.15) is 46.5 Å². The number of benzene rings is 1. The highest BCUT2D eigenvalue weighted by atomic mass is 32.2. The smallest absolute Gasteiger partial charge is 0.243 e. The fourth-order valence-corrected chi connectivity index (χ4v) is 4.99. The van der Waals surface area contributed by atoms with Gasteiger partial charge in [0.15, 0.2) is 0 Å². The van der Waals surface area contributed by atoms with E-state index in [1.54, 1.807) is 22.5 Å². The molecular formula is C17H26N2O3S2. The van der Waals surface area contributed by atoms with Gasteiger partial charge in [-0.2, -0.15) is 4.31 Å². The molecule has 0 spiro atoms. The van der Waals surface area contributed by atoms with Gasteiger partial charge in [-0.1, -0.05) is 26.7 Å². The lowest BCUT2D eigenvalue weighted by Crippen LogP contribution is -2.33. The molecule has 1 heterocycles. The number of hydrogen-bond donors (Lipinski definition) is 1. The molecule has 0 saturated carbocycles. The van der Waals surface area contributed by atoms with Crippen molar-refractivity contribution in [3.63, 3.8) is 0 Å². The van der Waals surface area contributed by atoms with E-state index in [-0.39, 0.29) is 16.1 Å². The maximum absolute atomic E-state index is 13.0. The second kappa shape index (κ2) is 8.36. The van der Waals surface area contributed by atoms with Crippen molar-refractivity contribution in [2.75, 3.05) is 18.4 Å². The minimum atomic E-state index is -3.54. The molecule has 0 saturated heterocycles. The van der Waals surface area contributed by atoms with Crippen molar-refractivity contribution >= 4 is 33.4 Å². The number of unbranched alkanes of at least 4 members (excludes halogenated alkanes) is 2. The van der Waals surface area contributed by atoms with Crippen molar-refractivity contribution < 1.29 is 13.2 Å². The van der Waals surface area contributed by atoms with Crippen LogP contribution in [-0.2, 0) is 14.8 Å². The first kappa shape index (κ1) is 19.3. The summed E-state index contributed by atoms with van der Waals surface area (Å²) in [6, 6.07) is 5.03. The fraction of sp³-hybridized carbons (Fsp3) is 0.588. The predicted octanol–water partition coefficient (Wildman–Crippen LogP) is 3.71. The van der Waals surface area contributed by atoms with E-state index >= 15 is 0 Å². The van der Waals surface area contributed by atoms with Gasteiger partial charge < -0.3 is 5.32 Å². The summed E-state index contributed by atoms with van der Waals surface area (Å²) >= 11 is 1.45. The van der Waals surface area contributed by atoms with E-state index in [0.29, 0.717) is 18.8 Å². The summed E-state index contributed by atoms with van der Waals surface area (Å²) < 4.78 is 27.5. The van der Waals surface area contributed by atoms with Crippen LogP contribution in [0.15, 0.2) is 28.0 Å². The Morgan fingerprint density at radius 3 is 2.38 bits per heavy atom. The zero-order valence-electron chi connectivity index (χ0n) is 14.5. The molecule has 0 fully saturated rings. The molecule has 2 rings (SSSR count). The first-order valence-electron chi connectivity index (χ1n) is 8.51. The van der Waals surface area contributed by atoms with Crippen LogP contribution in [0.3, 0.4) is 0 Å². The van der Waals surface area contributed by atoms with Gasteiger partial charge in [0.1, 0.15) is 0 Å². The van der Waals surface area contributed by atoms with Crippen LogP contribution in [0.25, 0.3) is 0 Å². The quantitative estimate of drug-likeness (QED) is 0.757. The fourth-order valence-electron chi connectivity index (χ4n) is 2.52. The number of carbonyl (C=O) groups is 1. The van der Waals surface area contributed by atoms with Crippen LogP contribution < -0.4 is 5.32 Å². The van der Waals surface area contributed by atoms with Crippen molar-refractivity contribution in [2.24, 2.45) is 0 Å². The molecule has 0 bridgehead atoms. The average molecular weight is 371 g/mol. The maximum Gasteiger partial charge on any atom is 0.243 e. The van der Waals surface area contributed by atoms with E-state index in [1.807, 2.05) is 6.92 Å². The number of nitrogens with zero attached hydrogens (tertiary/aromatic N) is 1. The number of amides is 1. The summed E-state index contributed by atoms with van der Waals surface area (Å²) in [5.41, 5.74) is 0.593.